The van der Waals surface area contributed by atoms with Crippen LogP contribution in [0.2, 0.25) is 0 Å². The Bertz CT molecular complexity index is 111. The van der Waals surface area contributed by atoms with Crippen molar-refractivity contribution in [2.75, 3.05) is 0 Å². The van der Waals surface area contributed by atoms with Crippen LogP contribution in [0.5, 0.6) is 0 Å². The molecule has 1 atom stereocenters. The summed E-state index contributed by atoms with van der Waals surface area (Å²) in [4.78, 5) is 0. The van der Waals surface area contributed by atoms with Crippen molar-refractivity contribution in [3.05, 3.63) is 12.2 Å². The number of hydrogen-bond acceptors (Lipinski definition) is 0. The van der Waals surface area contributed by atoms with E-state index in [1.165, 1.54) is 6.92 Å². The standard InChI is InChI=1S/C8H14F2/c1-4-5-6-7(2)8(3,9)10/h5-7H,4H2,1-3H3/b6-5-. The van der Waals surface area contributed by atoms with Gasteiger partial charge in [0.1, 0.15) is 0 Å². The van der Waals surface area contributed by atoms with Crippen LogP contribution in [0.15, 0.2) is 12.2 Å². The molecule has 0 aliphatic rings. The van der Waals surface area contributed by atoms with Gasteiger partial charge in [-0.15, -0.1) is 0 Å². The van der Waals surface area contributed by atoms with Crippen molar-refractivity contribution in [2.45, 2.75) is 33.1 Å². The first-order valence-corrected chi connectivity index (χ1v) is 3.53. The molecule has 0 aromatic rings. The van der Waals surface area contributed by atoms with Gasteiger partial charge < -0.3 is 0 Å². The summed E-state index contributed by atoms with van der Waals surface area (Å²) in [5.41, 5.74) is 0. The molecule has 0 fully saturated rings. The lowest BCUT2D eigenvalue weighted by Crippen LogP contribution is -2.19. The van der Waals surface area contributed by atoms with Gasteiger partial charge in [-0.25, -0.2) is 8.78 Å². The molecule has 0 spiro atoms. The minimum Gasteiger partial charge on any atom is -0.207 e. The van der Waals surface area contributed by atoms with Crippen LogP contribution in [0.25, 0.3) is 0 Å². The zero-order chi connectivity index (χ0) is 8.20. The molecule has 0 aliphatic carbocycles. The Morgan fingerprint density at radius 3 is 2.30 bits per heavy atom. The van der Waals surface area contributed by atoms with Crippen LogP contribution in [0.1, 0.15) is 27.2 Å². The highest BCUT2D eigenvalue weighted by Gasteiger charge is 2.27. The zero-order valence-corrected chi connectivity index (χ0v) is 6.70. The molecule has 0 radical (unpaired) electrons. The van der Waals surface area contributed by atoms with Crippen molar-refractivity contribution >= 4 is 0 Å². The molecule has 0 aromatic carbocycles. The largest absolute Gasteiger partial charge is 0.251 e. The van der Waals surface area contributed by atoms with Crippen LogP contribution >= 0.6 is 0 Å². The van der Waals surface area contributed by atoms with Gasteiger partial charge in [-0.3, -0.25) is 0 Å². The molecule has 0 aliphatic heterocycles. The summed E-state index contributed by atoms with van der Waals surface area (Å²) in [6.45, 7) is 4.39. The molecule has 0 nitrogen and oxygen atoms in total. The zero-order valence-electron chi connectivity index (χ0n) is 6.70. The van der Waals surface area contributed by atoms with Crippen LogP contribution in [0.3, 0.4) is 0 Å². The molecule has 1 unspecified atom stereocenters. The second-order valence-corrected chi connectivity index (χ2v) is 2.58. The Hall–Kier alpha value is -0.400. The lowest BCUT2D eigenvalue weighted by molar-refractivity contribution is -0.0142. The summed E-state index contributed by atoms with van der Waals surface area (Å²) < 4.78 is 24.8. The predicted molar refractivity (Wildman–Crippen MR) is 39.2 cm³/mol. The van der Waals surface area contributed by atoms with Gasteiger partial charge in [0.05, 0.1) is 0 Å². The Labute approximate surface area is 60.9 Å². The van der Waals surface area contributed by atoms with E-state index in [0.29, 0.717) is 0 Å². The second-order valence-electron chi connectivity index (χ2n) is 2.58. The van der Waals surface area contributed by atoms with Crippen molar-refractivity contribution in [3.8, 4) is 0 Å². The number of allylic oxidation sites excluding steroid dienone is 2. The maximum Gasteiger partial charge on any atom is 0.251 e. The smallest absolute Gasteiger partial charge is 0.207 e. The fraction of sp³-hybridized carbons (Fsp3) is 0.750. The van der Waals surface area contributed by atoms with E-state index in [1.807, 2.05) is 6.92 Å². The quantitative estimate of drug-likeness (QED) is 0.539. The average molecular weight is 148 g/mol. The van der Waals surface area contributed by atoms with Crippen molar-refractivity contribution in [1.29, 1.82) is 0 Å². The van der Waals surface area contributed by atoms with Crippen LogP contribution in [0, 0.1) is 5.92 Å². The highest BCUT2D eigenvalue weighted by Crippen LogP contribution is 2.24. The molecule has 0 amide bonds. The molecular formula is C8H14F2. The van der Waals surface area contributed by atoms with E-state index in [4.69, 9.17) is 0 Å². The molecule has 0 heterocycles. The molecule has 0 saturated carbocycles. The summed E-state index contributed by atoms with van der Waals surface area (Å²) >= 11 is 0. The predicted octanol–water partition coefficient (Wildman–Crippen LogP) is 3.24. The SMILES string of the molecule is CC/C=C\C(C)C(C)(F)F. The van der Waals surface area contributed by atoms with E-state index in [-0.39, 0.29) is 0 Å². The van der Waals surface area contributed by atoms with E-state index < -0.39 is 11.8 Å². The summed E-state index contributed by atoms with van der Waals surface area (Å²) in [5.74, 6) is -3.22. The Morgan fingerprint density at radius 1 is 1.50 bits per heavy atom. The third-order valence-corrected chi connectivity index (χ3v) is 1.46. The van der Waals surface area contributed by atoms with Crippen LogP contribution in [-0.2, 0) is 0 Å². The van der Waals surface area contributed by atoms with Gasteiger partial charge in [-0.05, 0) is 13.3 Å². The van der Waals surface area contributed by atoms with Gasteiger partial charge in [0.2, 0.25) is 0 Å². The van der Waals surface area contributed by atoms with Gasteiger partial charge in [0.15, 0.2) is 0 Å². The maximum absolute atomic E-state index is 12.4. The lowest BCUT2D eigenvalue weighted by Gasteiger charge is -2.14. The monoisotopic (exact) mass is 148 g/mol. The van der Waals surface area contributed by atoms with Gasteiger partial charge in [-0.2, -0.15) is 0 Å². The van der Waals surface area contributed by atoms with Gasteiger partial charge in [0, 0.05) is 5.92 Å². The minimum atomic E-state index is -2.58. The molecule has 0 bridgehead atoms. The number of rotatable bonds is 3. The Kier molecular flexibility index (Phi) is 3.54. The molecule has 60 valence electrons. The van der Waals surface area contributed by atoms with E-state index >= 15 is 0 Å². The molecule has 2 heteroatoms. The molecular weight excluding hydrogens is 134 g/mol. The minimum absolute atomic E-state index is 0.646. The van der Waals surface area contributed by atoms with E-state index in [0.717, 1.165) is 13.3 Å². The van der Waals surface area contributed by atoms with Gasteiger partial charge in [0.25, 0.3) is 5.92 Å². The number of halogens is 2. The van der Waals surface area contributed by atoms with Crippen molar-refractivity contribution in [2.24, 2.45) is 5.92 Å². The first-order chi connectivity index (χ1) is 4.48. The summed E-state index contributed by atoms with van der Waals surface area (Å²) in [6, 6.07) is 0. The van der Waals surface area contributed by atoms with E-state index in [2.05, 4.69) is 0 Å². The molecule has 0 aromatic heterocycles. The third-order valence-electron chi connectivity index (χ3n) is 1.46. The average Bonchev–Trinajstić information content (AvgIpc) is 1.80. The summed E-state index contributed by atoms with van der Waals surface area (Å²) in [6.07, 6.45) is 4.14. The van der Waals surface area contributed by atoms with Crippen LogP contribution in [0.4, 0.5) is 8.78 Å². The molecule has 0 rings (SSSR count). The summed E-state index contributed by atoms with van der Waals surface area (Å²) in [5, 5.41) is 0. The number of hydrogen-bond donors (Lipinski definition) is 0. The van der Waals surface area contributed by atoms with Gasteiger partial charge in [-0.1, -0.05) is 26.0 Å². The Balaban J connectivity index is 3.84. The van der Waals surface area contributed by atoms with Crippen LogP contribution < -0.4 is 0 Å². The lowest BCUT2D eigenvalue weighted by atomic mass is 10.1. The fourth-order valence-electron chi connectivity index (χ4n) is 0.509. The van der Waals surface area contributed by atoms with Gasteiger partial charge >= 0.3 is 0 Å². The van der Waals surface area contributed by atoms with Crippen LogP contribution in [-0.4, -0.2) is 5.92 Å². The second kappa shape index (κ2) is 3.69. The first-order valence-electron chi connectivity index (χ1n) is 3.53. The number of alkyl halides is 2. The summed E-state index contributed by atoms with van der Waals surface area (Å²) in [7, 11) is 0. The molecule has 0 N–H and O–H groups in total. The van der Waals surface area contributed by atoms with Crippen molar-refractivity contribution in [1.82, 2.24) is 0 Å². The van der Waals surface area contributed by atoms with E-state index in [9.17, 15) is 8.78 Å². The topological polar surface area (TPSA) is 0 Å². The van der Waals surface area contributed by atoms with Crippen molar-refractivity contribution in [3.63, 3.8) is 0 Å². The fourth-order valence-corrected chi connectivity index (χ4v) is 0.509. The highest BCUT2D eigenvalue weighted by molar-refractivity contribution is 4.90. The maximum atomic E-state index is 12.4. The molecule has 10 heavy (non-hydrogen) atoms. The first kappa shape index (κ1) is 9.60. The highest BCUT2D eigenvalue weighted by atomic mass is 19.3. The third kappa shape index (κ3) is 3.59. The Morgan fingerprint density at radius 2 is 2.00 bits per heavy atom. The van der Waals surface area contributed by atoms with Crippen molar-refractivity contribution < 1.29 is 8.78 Å². The van der Waals surface area contributed by atoms with E-state index in [1.54, 1.807) is 12.2 Å². The molecule has 0 saturated heterocycles. The normalized spacial score (nSPS) is 16.1.